The van der Waals surface area contributed by atoms with Crippen LogP contribution in [-0.4, -0.2) is 77.2 Å². The van der Waals surface area contributed by atoms with Gasteiger partial charge in [-0.1, -0.05) is 41.9 Å². The highest BCUT2D eigenvalue weighted by Crippen LogP contribution is 2.21. The van der Waals surface area contributed by atoms with Gasteiger partial charge in [-0.25, -0.2) is 9.48 Å². The fraction of sp³-hybridized carbons (Fsp3) is 0.407. The summed E-state index contributed by atoms with van der Waals surface area (Å²) in [7, 11) is 1.51. The zero-order chi connectivity index (χ0) is 29.3. The Labute approximate surface area is 233 Å². The van der Waals surface area contributed by atoms with Gasteiger partial charge in [0.05, 0.1) is 17.6 Å². The maximum atomic E-state index is 13.2. The minimum atomic E-state index is -5.08. The number of nitrogens with zero attached hydrogens (tertiary/aromatic N) is 3. The van der Waals surface area contributed by atoms with E-state index in [1.54, 1.807) is 4.68 Å². The topological polar surface area (TPSA) is 114 Å². The molecule has 2 heterocycles. The molecule has 0 aliphatic carbocycles. The van der Waals surface area contributed by atoms with Gasteiger partial charge in [0.15, 0.2) is 0 Å². The molecule has 0 unspecified atom stereocenters. The maximum Gasteiger partial charge on any atom is 0.490 e. The molecule has 216 valence electrons. The van der Waals surface area contributed by atoms with Crippen molar-refractivity contribution in [3.8, 4) is 0 Å². The smallest absolute Gasteiger partial charge is 0.475 e. The number of aliphatic carboxylic acids is 1. The number of carbonyl (C=O) groups is 2. The second kappa shape index (κ2) is 14.2. The Bertz CT molecular complexity index is 1370. The Balaban J connectivity index is 0.000000559. The summed E-state index contributed by atoms with van der Waals surface area (Å²) in [5.74, 6) is -2.87. The van der Waals surface area contributed by atoms with Gasteiger partial charge in [0.25, 0.3) is 5.56 Å². The molecule has 2 aromatic carbocycles. The monoisotopic (exact) mass is 582 g/mol. The molecule has 2 N–H and O–H groups in total. The SMILES string of the molecule is COCC(=O)NCCN1CCC[C@@H]1Cn1nc(Cc2ccc(Cl)cc2)c2ccccc2c1=O.O=C(O)C(F)(F)F. The number of aromatic nitrogens is 2. The number of amides is 1. The first-order chi connectivity index (χ1) is 19.0. The molecule has 3 aromatic rings. The van der Waals surface area contributed by atoms with E-state index in [9.17, 15) is 22.8 Å². The van der Waals surface area contributed by atoms with Gasteiger partial charge in [-0.05, 0) is 43.1 Å². The van der Waals surface area contributed by atoms with E-state index >= 15 is 0 Å². The molecule has 1 saturated heterocycles. The van der Waals surface area contributed by atoms with E-state index in [2.05, 4.69) is 10.2 Å². The van der Waals surface area contributed by atoms with E-state index in [-0.39, 0.29) is 24.1 Å². The Hall–Kier alpha value is -3.48. The number of likely N-dealkylation sites (tertiary alicyclic amines) is 1. The van der Waals surface area contributed by atoms with E-state index in [1.807, 2.05) is 48.5 Å². The molecule has 0 spiro atoms. The van der Waals surface area contributed by atoms with Gasteiger partial charge in [0.2, 0.25) is 5.91 Å². The average Bonchev–Trinajstić information content (AvgIpc) is 3.35. The zero-order valence-corrected chi connectivity index (χ0v) is 22.5. The second-order valence-electron chi connectivity index (χ2n) is 9.20. The third kappa shape index (κ3) is 8.77. The summed E-state index contributed by atoms with van der Waals surface area (Å²) in [5, 5.41) is 17.1. The van der Waals surface area contributed by atoms with E-state index < -0.39 is 12.1 Å². The molecule has 1 atom stereocenters. The molecule has 9 nitrogen and oxygen atoms in total. The summed E-state index contributed by atoms with van der Waals surface area (Å²) in [4.78, 5) is 36.1. The number of fused-ring (bicyclic) bond motifs is 1. The first kappa shape index (κ1) is 31.1. The van der Waals surface area contributed by atoms with E-state index in [4.69, 9.17) is 31.3 Å². The molecule has 1 aliphatic rings. The van der Waals surface area contributed by atoms with E-state index in [0.717, 1.165) is 42.6 Å². The molecule has 13 heteroatoms. The maximum absolute atomic E-state index is 13.2. The van der Waals surface area contributed by atoms with Gasteiger partial charge < -0.3 is 15.2 Å². The van der Waals surface area contributed by atoms with Gasteiger partial charge in [0.1, 0.15) is 6.61 Å². The van der Waals surface area contributed by atoms with Gasteiger partial charge in [-0.3, -0.25) is 14.5 Å². The predicted molar refractivity (Wildman–Crippen MR) is 143 cm³/mol. The Morgan fingerprint density at radius 3 is 2.42 bits per heavy atom. The summed E-state index contributed by atoms with van der Waals surface area (Å²) in [6.07, 6.45) is -2.39. The van der Waals surface area contributed by atoms with Crippen molar-refractivity contribution in [2.24, 2.45) is 0 Å². The van der Waals surface area contributed by atoms with Crippen molar-refractivity contribution >= 4 is 34.2 Å². The summed E-state index contributed by atoms with van der Waals surface area (Å²) >= 11 is 6.04. The molecule has 40 heavy (non-hydrogen) atoms. The molecule has 1 amide bonds. The minimum absolute atomic E-state index is 0.0642. The Morgan fingerprint density at radius 2 is 1.80 bits per heavy atom. The molecule has 1 fully saturated rings. The number of hydrogen-bond acceptors (Lipinski definition) is 6. The molecular weight excluding hydrogens is 553 g/mol. The standard InChI is InChI=1S/C25H29ClN4O3.C2HF3O2/c1-33-17-24(31)27-12-14-29-13-4-5-20(29)16-30-25(32)22-7-3-2-6-21(22)23(28-30)15-18-8-10-19(26)11-9-18;3-2(4,5)1(6)7/h2-3,6-11,20H,4-5,12-17H2,1H3,(H,27,31);(H,6,7)/t20-;/m1./s1. The van der Waals surface area contributed by atoms with Gasteiger partial charge in [0, 0.05) is 43.1 Å². The predicted octanol–water partition coefficient (Wildman–Crippen LogP) is 3.50. The van der Waals surface area contributed by atoms with E-state index in [0.29, 0.717) is 29.9 Å². The molecule has 0 radical (unpaired) electrons. The molecule has 1 aliphatic heterocycles. The van der Waals surface area contributed by atoms with Crippen LogP contribution in [0.25, 0.3) is 10.8 Å². The van der Waals surface area contributed by atoms with Crippen LogP contribution in [0.15, 0.2) is 53.3 Å². The highest BCUT2D eigenvalue weighted by atomic mass is 35.5. The number of nitrogens with one attached hydrogen (secondary N) is 1. The number of hydrogen-bond donors (Lipinski definition) is 2. The first-order valence-electron chi connectivity index (χ1n) is 12.5. The van der Waals surface area contributed by atoms with Gasteiger partial charge in [-0.2, -0.15) is 18.3 Å². The highest BCUT2D eigenvalue weighted by molar-refractivity contribution is 6.30. The summed E-state index contributed by atoms with van der Waals surface area (Å²) < 4.78 is 38.2. The van der Waals surface area contributed by atoms with Crippen molar-refractivity contribution in [2.45, 2.75) is 38.0 Å². The quantitative estimate of drug-likeness (QED) is 0.397. The summed E-state index contributed by atoms with van der Waals surface area (Å²) in [6.45, 7) is 2.84. The van der Waals surface area contributed by atoms with Crippen LogP contribution < -0.4 is 10.9 Å². The normalized spacial score (nSPS) is 15.5. The van der Waals surface area contributed by atoms with Crippen LogP contribution >= 0.6 is 11.6 Å². The van der Waals surface area contributed by atoms with Crippen molar-refractivity contribution < 1.29 is 32.6 Å². The fourth-order valence-electron chi connectivity index (χ4n) is 4.47. The molecule has 1 aromatic heterocycles. The lowest BCUT2D eigenvalue weighted by Gasteiger charge is -2.25. The summed E-state index contributed by atoms with van der Waals surface area (Å²) in [5.41, 5.74) is 1.91. The lowest BCUT2D eigenvalue weighted by atomic mass is 10.0. The molecule has 0 bridgehead atoms. The third-order valence-electron chi connectivity index (χ3n) is 6.35. The van der Waals surface area contributed by atoms with Crippen LogP contribution in [-0.2, 0) is 27.3 Å². The van der Waals surface area contributed by atoms with Gasteiger partial charge >= 0.3 is 12.1 Å². The number of carbonyl (C=O) groups excluding carboxylic acids is 1. The minimum Gasteiger partial charge on any atom is -0.475 e. The first-order valence-corrected chi connectivity index (χ1v) is 12.9. The number of alkyl halides is 3. The number of carboxylic acids is 1. The Kier molecular flexibility index (Phi) is 11.1. The number of carboxylic acid groups (broad SMARTS) is 1. The largest absolute Gasteiger partial charge is 0.490 e. The van der Waals surface area contributed by atoms with Crippen LogP contribution in [0, 0.1) is 0 Å². The molecular formula is C27H30ClF3N4O5. The number of benzene rings is 2. The number of methoxy groups -OCH3 is 1. The lowest BCUT2D eigenvalue weighted by molar-refractivity contribution is -0.192. The highest BCUT2D eigenvalue weighted by Gasteiger charge is 2.38. The molecule has 4 rings (SSSR count). The van der Waals surface area contributed by atoms with Crippen molar-refractivity contribution in [3.05, 3.63) is 75.2 Å². The summed E-state index contributed by atoms with van der Waals surface area (Å²) in [6, 6.07) is 15.6. The van der Waals surface area contributed by atoms with Crippen molar-refractivity contribution in [2.75, 3.05) is 33.4 Å². The molecule has 0 saturated carbocycles. The zero-order valence-electron chi connectivity index (χ0n) is 21.8. The van der Waals surface area contributed by atoms with Crippen molar-refractivity contribution in [1.82, 2.24) is 20.0 Å². The number of ether oxygens (including phenoxy) is 1. The Morgan fingerprint density at radius 1 is 1.15 bits per heavy atom. The average molecular weight is 583 g/mol. The van der Waals surface area contributed by atoms with Crippen molar-refractivity contribution in [1.29, 1.82) is 0 Å². The number of rotatable bonds is 9. The lowest BCUT2D eigenvalue weighted by Crippen LogP contribution is -2.42. The fourth-order valence-corrected chi connectivity index (χ4v) is 4.60. The van der Waals surface area contributed by atoms with Crippen LogP contribution in [0.3, 0.4) is 0 Å². The third-order valence-corrected chi connectivity index (χ3v) is 6.60. The second-order valence-corrected chi connectivity index (χ2v) is 9.64. The van der Waals surface area contributed by atoms with Crippen LogP contribution in [0.2, 0.25) is 5.02 Å². The van der Waals surface area contributed by atoms with Crippen molar-refractivity contribution in [3.63, 3.8) is 0 Å². The van der Waals surface area contributed by atoms with Gasteiger partial charge in [-0.15, -0.1) is 0 Å². The van der Waals surface area contributed by atoms with Crippen LogP contribution in [0.4, 0.5) is 13.2 Å². The van der Waals surface area contributed by atoms with Crippen LogP contribution in [0.1, 0.15) is 24.1 Å². The number of halogens is 4. The van der Waals surface area contributed by atoms with Crippen LogP contribution in [0.5, 0.6) is 0 Å². The van der Waals surface area contributed by atoms with E-state index in [1.165, 1.54) is 7.11 Å².